The highest BCUT2D eigenvalue weighted by atomic mass is 32.2. The topological polar surface area (TPSA) is 49.4 Å². The van der Waals surface area contributed by atoms with Crippen molar-refractivity contribution in [1.82, 2.24) is 10.2 Å². The van der Waals surface area contributed by atoms with Crippen molar-refractivity contribution in [3.05, 3.63) is 21.4 Å². The number of hydrogen-bond donors (Lipinski definition) is 1. The first kappa shape index (κ1) is 16.9. The average molecular weight is 331 g/mol. The number of sulfone groups is 1. The molecule has 1 aromatic rings. The lowest BCUT2D eigenvalue weighted by Crippen LogP contribution is -2.26. The van der Waals surface area contributed by atoms with Gasteiger partial charge in [-0.25, -0.2) is 8.42 Å². The lowest BCUT2D eigenvalue weighted by molar-refractivity contribution is 0.287. The first-order chi connectivity index (χ1) is 10.00. The number of aryl methyl sites for hydroxylation is 1. The van der Waals surface area contributed by atoms with Gasteiger partial charge < -0.3 is 5.32 Å². The highest BCUT2D eigenvalue weighted by Crippen LogP contribution is 2.23. The summed E-state index contributed by atoms with van der Waals surface area (Å²) >= 11 is 1.85. The number of hydrogen-bond acceptors (Lipinski definition) is 5. The van der Waals surface area contributed by atoms with Crippen molar-refractivity contribution in [3.8, 4) is 0 Å². The maximum absolute atomic E-state index is 11.7. The van der Waals surface area contributed by atoms with E-state index in [1.165, 1.54) is 15.3 Å². The van der Waals surface area contributed by atoms with Crippen LogP contribution in [0.2, 0.25) is 0 Å². The van der Waals surface area contributed by atoms with Crippen LogP contribution < -0.4 is 5.32 Å². The second-order valence-corrected chi connectivity index (χ2v) is 9.40. The van der Waals surface area contributed by atoms with Crippen LogP contribution in [0.5, 0.6) is 0 Å². The van der Waals surface area contributed by atoms with Gasteiger partial charge >= 0.3 is 0 Å². The van der Waals surface area contributed by atoms with Crippen LogP contribution >= 0.6 is 11.3 Å². The smallest absolute Gasteiger partial charge is 0.151 e. The molecule has 2 heterocycles. The zero-order valence-corrected chi connectivity index (χ0v) is 14.7. The molecular weight excluding hydrogens is 304 g/mol. The van der Waals surface area contributed by atoms with Gasteiger partial charge in [0.15, 0.2) is 9.84 Å². The standard InChI is InChI=1S/C15H26N2O2S2/c1-3-5-16-11-15-10-14(13(2)20-15)12-17-6-4-8-21(18,19)9-7-17/h10,16H,3-9,11-12H2,1-2H3. The highest BCUT2D eigenvalue weighted by Gasteiger charge is 2.20. The van der Waals surface area contributed by atoms with E-state index in [-0.39, 0.29) is 0 Å². The minimum atomic E-state index is -2.81. The predicted octanol–water partition coefficient (Wildman–Crippen LogP) is 2.18. The number of thiophene rings is 1. The summed E-state index contributed by atoms with van der Waals surface area (Å²) in [7, 11) is -2.81. The van der Waals surface area contributed by atoms with Gasteiger partial charge in [-0.15, -0.1) is 11.3 Å². The predicted molar refractivity (Wildman–Crippen MR) is 89.6 cm³/mol. The van der Waals surface area contributed by atoms with E-state index in [0.29, 0.717) is 18.1 Å². The van der Waals surface area contributed by atoms with Gasteiger partial charge in [0, 0.05) is 29.4 Å². The van der Waals surface area contributed by atoms with Gasteiger partial charge in [-0.05, 0) is 44.5 Å². The van der Waals surface area contributed by atoms with Gasteiger partial charge in [-0.2, -0.15) is 0 Å². The Balaban J connectivity index is 1.93. The largest absolute Gasteiger partial charge is 0.312 e. The Kier molecular flexibility index (Phi) is 6.22. The molecule has 0 amide bonds. The van der Waals surface area contributed by atoms with Crippen LogP contribution in [0.3, 0.4) is 0 Å². The van der Waals surface area contributed by atoms with E-state index in [1.807, 2.05) is 11.3 Å². The minimum Gasteiger partial charge on any atom is -0.312 e. The van der Waals surface area contributed by atoms with Gasteiger partial charge in [0.1, 0.15) is 0 Å². The molecule has 1 aromatic heterocycles. The molecule has 0 aliphatic carbocycles. The van der Waals surface area contributed by atoms with Gasteiger partial charge in [0.25, 0.3) is 0 Å². The maximum Gasteiger partial charge on any atom is 0.151 e. The molecule has 0 atom stereocenters. The van der Waals surface area contributed by atoms with Crippen molar-refractivity contribution in [1.29, 1.82) is 0 Å². The van der Waals surface area contributed by atoms with Crippen molar-refractivity contribution in [2.75, 3.05) is 31.1 Å². The molecule has 21 heavy (non-hydrogen) atoms. The van der Waals surface area contributed by atoms with E-state index < -0.39 is 9.84 Å². The van der Waals surface area contributed by atoms with Gasteiger partial charge in [0.2, 0.25) is 0 Å². The van der Waals surface area contributed by atoms with Crippen LogP contribution in [0.1, 0.15) is 35.1 Å². The molecule has 1 N–H and O–H groups in total. The lowest BCUT2D eigenvalue weighted by Gasteiger charge is -2.18. The molecule has 6 heteroatoms. The molecule has 0 unspecified atom stereocenters. The van der Waals surface area contributed by atoms with Crippen molar-refractivity contribution >= 4 is 21.2 Å². The lowest BCUT2D eigenvalue weighted by atomic mass is 10.2. The Morgan fingerprint density at radius 1 is 1.33 bits per heavy atom. The van der Waals surface area contributed by atoms with Crippen LogP contribution in [0, 0.1) is 6.92 Å². The summed E-state index contributed by atoms with van der Waals surface area (Å²) in [5.74, 6) is 0.652. The second-order valence-electron chi connectivity index (χ2n) is 5.75. The fourth-order valence-corrected chi connectivity index (χ4v) is 4.94. The van der Waals surface area contributed by atoms with E-state index in [9.17, 15) is 8.42 Å². The van der Waals surface area contributed by atoms with Crippen molar-refractivity contribution < 1.29 is 8.42 Å². The summed E-state index contributed by atoms with van der Waals surface area (Å²) in [6.45, 7) is 8.76. The monoisotopic (exact) mass is 330 g/mol. The molecular formula is C15H26N2O2S2. The summed E-state index contributed by atoms with van der Waals surface area (Å²) in [5, 5.41) is 3.43. The third kappa shape index (κ3) is 5.36. The Hall–Kier alpha value is -0.430. The van der Waals surface area contributed by atoms with Crippen molar-refractivity contribution in [2.24, 2.45) is 0 Å². The van der Waals surface area contributed by atoms with E-state index in [0.717, 1.165) is 39.0 Å². The summed E-state index contributed by atoms with van der Waals surface area (Å²) < 4.78 is 23.3. The molecule has 2 rings (SSSR count). The average Bonchev–Trinajstić information content (AvgIpc) is 2.66. The fourth-order valence-electron chi connectivity index (χ4n) is 2.61. The summed E-state index contributed by atoms with van der Waals surface area (Å²) in [4.78, 5) is 5.01. The van der Waals surface area contributed by atoms with E-state index in [4.69, 9.17) is 0 Å². The summed E-state index contributed by atoms with van der Waals surface area (Å²) in [6, 6.07) is 2.28. The molecule has 1 aliphatic heterocycles. The van der Waals surface area contributed by atoms with Crippen LogP contribution in [0.4, 0.5) is 0 Å². The number of rotatable bonds is 6. The third-order valence-corrected chi connectivity index (χ3v) is 6.65. The molecule has 0 bridgehead atoms. The normalized spacial score (nSPS) is 19.5. The summed E-state index contributed by atoms with van der Waals surface area (Å²) in [5.41, 5.74) is 1.35. The Morgan fingerprint density at radius 2 is 2.14 bits per heavy atom. The highest BCUT2D eigenvalue weighted by molar-refractivity contribution is 7.91. The second kappa shape index (κ2) is 7.72. The van der Waals surface area contributed by atoms with Gasteiger partial charge in [-0.3, -0.25) is 4.90 Å². The van der Waals surface area contributed by atoms with E-state index in [2.05, 4.69) is 30.1 Å². The summed E-state index contributed by atoms with van der Waals surface area (Å²) in [6.07, 6.45) is 1.91. The van der Waals surface area contributed by atoms with E-state index >= 15 is 0 Å². The molecule has 0 saturated carbocycles. The molecule has 1 aliphatic rings. The van der Waals surface area contributed by atoms with Crippen molar-refractivity contribution in [3.63, 3.8) is 0 Å². The number of nitrogens with zero attached hydrogens (tertiary/aromatic N) is 1. The van der Waals surface area contributed by atoms with Crippen LogP contribution in [0.25, 0.3) is 0 Å². The molecule has 0 aromatic carbocycles. The maximum atomic E-state index is 11.7. The van der Waals surface area contributed by atoms with Crippen LogP contribution in [-0.2, 0) is 22.9 Å². The van der Waals surface area contributed by atoms with Gasteiger partial charge in [0.05, 0.1) is 11.5 Å². The van der Waals surface area contributed by atoms with Crippen LogP contribution in [0.15, 0.2) is 6.07 Å². The third-order valence-electron chi connectivity index (χ3n) is 3.84. The van der Waals surface area contributed by atoms with Crippen LogP contribution in [-0.4, -0.2) is 44.5 Å². The minimum absolute atomic E-state index is 0.307. The Labute approximate surface area is 132 Å². The Bertz CT molecular complexity index is 552. The van der Waals surface area contributed by atoms with Gasteiger partial charge in [-0.1, -0.05) is 6.92 Å². The fraction of sp³-hybridized carbons (Fsp3) is 0.733. The first-order valence-electron chi connectivity index (χ1n) is 7.72. The molecule has 1 fully saturated rings. The molecule has 4 nitrogen and oxygen atoms in total. The number of nitrogens with one attached hydrogen (secondary N) is 1. The zero-order valence-electron chi connectivity index (χ0n) is 13.0. The first-order valence-corrected chi connectivity index (χ1v) is 10.4. The quantitative estimate of drug-likeness (QED) is 0.812. The van der Waals surface area contributed by atoms with Crippen molar-refractivity contribution in [2.45, 2.75) is 39.8 Å². The molecule has 1 saturated heterocycles. The zero-order chi connectivity index (χ0) is 15.3. The van der Waals surface area contributed by atoms with E-state index in [1.54, 1.807) is 0 Å². The molecule has 0 spiro atoms. The Morgan fingerprint density at radius 3 is 2.90 bits per heavy atom. The molecule has 0 radical (unpaired) electrons. The molecule has 120 valence electrons. The SMILES string of the molecule is CCCNCc1cc(CN2CCCS(=O)(=O)CC2)c(C)s1.